The second-order valence-electron chi connectivity index (χ2n) is 3.65. The third-order valence-electron chi connectivity index (χ3n) is 2.31. The lowest BCUT2D eigenvalue weighted by Gasteiger charge is -2.15. The van der Waals surface area contributed by atoms with Crippen LogP contribution in [0.4, 0.5) is 13.2 Å². The Morgan fingerprint density at radius 3 is 2.35 bits per heavy atom. The van der Waals surface area contributed by atoms with E-state index in [0.29, 0.717) is 5.56 Å². The number of hydrogen-bond acceptors (Lipinski definition) is 2. The number of rotatable bonds is 3. The molecule has 1 aromatic carbocycles. The van der Waals surface area contributed by atoms with Gasteiger partial charge in [-0.15, -0.1) is 0 Å². The fraction of sp³-hybridized carbons (Fsp3) is 0.417. The molecule has 0 spiro atoms. The summed E-state index contributed by atoms with van der Waals surface area (Å²) in [4.78, 5) is 11.2. The first kappa shape index (κ1) is 13.5. The second-order valence-corrected chi connectivity index (χ2v) is 3.65. The number of ketones is 1. The molecule has 0 unspecified atom stereocenters. The van der Waals surface area contributed by atoms with Gasteiger partial charge in [-0.2, -0.15) is 13.2 Å². The Bertz CT molecular complexity index is 436. The van der Waals surface area contributed by atoms with E-state index in [-0.39, 0.29) is 17.9 Å². The lowest BCUT2D eigenvalue weighted by atomic mass is 10.0. The number of alkyl halides is 3. The standard InChI is InChI=1S/C12H13F3O2/c1-4-17-11-5-7(2)9(8(3)16)6-10(11)12(13,14)15/h5-6H,4H2,1-3H3. The maximum absolute atomic E-state index is 12.8. The molecule has 0 aliphatic heterocycles. The van der Waals surface area contributed by atoms with Gasteiger partial charge in [-0.05, 0) is 38.5 Å². The molecule has 2 nitrogen and oxygen atoms in total. The summed E-state index contributed by atoms with van der Waals surface area (Å²) in [6, 6.07) is 2.10. The van der Waals surface area contributed by atoms with Crippen molar-refractivity contribution in [3.8, 4) is 5.75 Å². The van der Waals surface area contributed by atoms with Crippen molar-refractivity contribution in [2.45, 2.75) is 26.9 Å². The average Bonchev–Trinajstić information content (AvgIpc) is 2.15. The van der Waals surface area contributed by atoms with E-state index in [1.54, 1.807) is 13.8 Å². The van der Waals surface area contributed by atoms with Gasteiger partial charge in [0, 0.05) is 5.56 Å². The van der Waals surface area contributed by atoms with Crippen LogP contribution in [0.2, 0.25) is 0 Å². The minimum absolute atomic E-state index is 0.0702. The lowest BCUT2D eigenvalue weighted by molar-refractivity contribution is -0.138. The van der Waals surface area contributed by atoms with E-state index in [2.05, 4.69) is 0 Å². The van der Waals surface area contributed by atoms with Crippen molar-refractivity contribution in [2.24, 2.45) is 0 Å². The zero-order valence-electron chi connectivity index (χ0n) is 9.81. The molecule has 0 N–H and O–H groups in total. The molecule has 0 saturated carbocycles. The fourth-order valence-corrected chi connectivity index (χ4v) is 1.56. The highest BCUT2D eigenvalue weighted by Crippen LogP contribution is 2.38. The van der Waals surface area contributed by atoms with Gasteiger partial charge in [0.05, 0.1) is 12.2 Å². The molecule has 0 amide bonds. The fourth-order valence-electron chi connectivity index (χ4n) is 1.56. The van der Waals surface area contributed by atoms with Crippen molar-refractivity contribution in [3.05, 3.63) is 28.8 Å². The molecule has 1 aromatic rings. The Morgan fingerprint density at radius 1 is 1.35 bits per heavy atom. The van der Waals surface area contributed by atoms with Crippen LogP contribution in [0.5, 0.6) is 5.75 Å². The van der Waals surface area contributed by atoms with Gasteiger partial charge in [0.2, 0.25) is 0 Å². The van der Waals surface area contributed by atoms with Crippen LogP contribution in [0.1, 0.15) is 35.3 Å². The summed E-state index contributed by atoms with van der Waals surface area (Å²) in [7, 11) is 0. The molecule has 0 fully saturated rings. The first-order valence-corrected chi connectivity index (χ1v) is 5.13. The molecule has 0 radical (unpaired) electrons. The summed E-state index contributed by atoms with van der Waals surface area (Å²) in [6.07, 6.45) is -4.53. The Kier molecular flexibility index (Phi) is 3.80. The van der Waals surface area contributed by atoms with Crippen molar-refractivity contribution in [1.82, 2.24) is 0 Å². The topological polar surface area (TPSA) is 26.3 Å². The van der Waals surface area contributed by atoms with E-state index < -0.39 is 17.5 Å². The number of hydrogen-bond donors (Lipinski definition) is 0. The molecule has 94 valence electrons. The Hall–Kier alpha value is -1.52. The molecule has 0 aromatic heterocycles. The number of carbonyl (C=O) groups excluding carboxylic acids is 1. The Balaban J connectivity index is 3.42. The molecule has 5 heteroatoms. The van der Waals surface area contributed by atoms with Gasteiger partial charge in [0.1, 0.15) is 5.75 Å². The number of ether oxygens (including phenoxy) is 1. The quantitative estimate of drug-likeness (QED) is 0.761. The van der Waals surface area contributed by atoms with Gasteiger partial charge in [-0.25, -0.2) is 0 Å². The number of aryl methyl sites for hydroxylation is 1. The lowest BCUT2D eigenvalue weighted by Crippen LogP contribution is -2.11. The van der Waals surface area contributed by atoms with Crippen molar-refractivity contribution in [2.75, 3.05) is 6.61 Å². The molecule has 1 rings (SSSR count). The molecule has 0 aliphatic carbocycles. The van der Waals surface area contributed by atoms with E-state index >= 15 is 0 Å². The highest BCUT2D eigenvalue weighted by Gasteiger charge is 2.35. The maximum atomic E-state index is 12.8. The van der Waals surface area contributed by atoms with Crippen LogP contribution in [-0.2, 0) is 6.18 Å². The predicted molar refractivity (Wildman–Crippen MR) is 57.4 cm³/mol. The SMILES string of the molecule is CCOc1cc(C)c(C(C)=O)cc1C(F)(F)F. The number of benzene rings is 1. The molecule has 0 heterocycles. The third kappa shape index (κ3) is 2.99. The largest absolute Gasteiger partial charge is 0.493 e. The van der Waals surface area contributed by atoms with Crippen molar-refractivity contribution in [3.63, 3.8) is 0 Å². The van der Waals surface area contributed by atoms with E-state index in [4.69, 9.17) is 4.74 Å². The molecule has 0 atom stereocenters. The highest BCUT2D eigenvalue weighted by molar-refractivity contribution is 5.96. The average molecular weight is 246 g/mol. The molecule has 0 aliphatic rings. The molecule has 0 saturated heterocycles. The zero-order chi connectivity index (χ0) is 13.2. The van der Waals surface area contributed by atoms with Crippen molar-refractivity contribution >= 4 is 5.78 Å². The third-order valence-corrected chi connectivity index (χ3v) is 2.31. The summed E-state index contributed by atoms with van der Waals surface area (Å²) in [5.41, 5.74) is -0.357. The normalized spacial score (nSPS) is 11.4. The van der Waals surface area contributed by atoms with Gasteiger partial charge in [-0.1, -0.05) is 0 Å². The van der Waals surface area contributed by atoms with Crippen LogP contribution >= 0.6 is 0 Å². The minimum Gasteiger partial charge on any atom is -0.493 e. The van der Waals surface area contributed by atoms with E-state index in [1.807, 2.05) is 0 Å². The van der Waals surface area contributed by atoms with Crippen LogP contribution in [0.3, 0.4) is 0 Å². The molecule has 0 bridgehead atoms. The van der Waals surface area contributed by atoms with Gasteiger partial charge in [0.25, 0.3) is 0 Å². The Morgan fingerprint density at radius 2 is 1.94 bits per heavy atom. The first-order chi connectivity index (χ1) is 7.77. The van der Waals surface area contributed by atoms with Crippen molar-refractivity contribution in [1.29, 1.82) is 0 Å². The van der Waals surface area contributed by atoms with Crippen molar-refractivity contribution < 1.29 is 22.7 Å². The van der Waals surface area contributed by atoms with E-state index in [0.717, 1.165) is 6.07 Å². The number of carbonyl (C=O) groups is 1. The maximum Gasteiger partial charge on any atom is 0.419 e. The second kappa shape index (κ2) is 4.77. The van der Waals surface area contributed by atoms with E-state index in [1.165, 1.54) is 13.0 Å². The van der Waals surface area contributed by atoms with Crippen LogP contribution in [0.25, 0.3) is 0 Å². The summed E-state index contributed by atoms with van der Waals surface area (Å²) < 4.78 is 43.2. The zero-order valence-corrected chi connectivity index (χ0v) is 9.81. The highest BCUT2D eigenvalue weighted by atomic mass is 19.4. The van der Waals surface area contributed by atoms with Gasteiger partial charge < -0.3 is 4.74 Å². The van der Waals surface area contributed by atoms with Gasteiger partial charge in [0.15, 0.2) is 5.78 Å². The number of Topliss-reactive ketones (excluding diaryl/α,β-unsaturated/α-hetero) is 1. The van der Waals surface area contributed by atoms with Gasteiger partial charge in [-0.3, -0.25) is 4.79 Å². The van der Waals surface area contributed by atoms with E-state index in [9.17, 15) is 18.0 Å². The molecule has 17 heavy (non-hydrogen) atoms. The summed E-state index contributed by atoms with van der Waals surface area (Å²) in [6.45, 7) is 4.57. The Labute approximate surface area is 97.4 Å². The van der Waals surface area contributed by atoms with Gasteiger partial charge >= 0.3 is 6.18 Å². The monoisotopic (exact) mass is 246 g/mol. The summed E-state index contributed by atoms with van der Waals surface area (Å²) in [5, 5.41) is 0. The predicted octanol–water partition coefficient (Wildman–Crippen LogP) is 3.62. The smallest absolute Gasteiger partial charge is 0.419 e. The summed E-state index contributed by atoms with van der Waals surface area (Å²) >= 11 is 0. The van der Waals surface area contributed by atoms with Crippen LogP contribution < -0.4 is 4.74 Å². The van der Waals surface area contributed by atoms with Crippen LogP contribution in [0, 0.1) is 6.92 Å². The van der Waals surface area contributed by atoms with Crippen LogP contribution in [0.15, 0.2) is 12.1 Å². The number of halogens is 3. The summed E-state index contributed by atoms with van der Waals surface area (Å²) in [5.74, 6) is -0.626. The minimum atomic E-state index is -4.53. The first-order valence-electron chi connectivity index (χ1n) is 5.13. The molecular formula is C12H13F3O2. The van der Waals surface area contributed by atoms with Crippen LogP contribution in [-0.4, -0.2) is 12.4 Å². The molecular weight excluding hydrogens is 233 g/mol.